The van der Waals surface area contributed by atoms with E-state index in [9.17, 15) is 0 Å². The van der Waals surface area contributed by atoms with E-state index < -0.39 is 0 Å². The summed E-state index contributed by atoms with van der Waals surface area (Å²) in [6, 6.07) is 8.75. The van der Waals surface area contributed by atoms with Crippen LogP contribution < -0.4 is 10.6 Å². The highest BCUT2D eigenvalue weighted by Gasteiger charge is 2.19. The van der Waals surface area contributed by atoms with Crippen LogP contribution in [0.25, 0.3) is 0 Å². The zero-order valence-corrected chi connectivity index (χ0v) is 10.6. The van der Waals surface area contributed by atoms with Gasteiger partial charge in [-0.1, -0.05) is 12.1 Å². The molecule has 3 nitrogen and oxygen atoms in total. The third-order valence-electron chi connectivity index (χ3n) is 3.45. The average Bonchev–Trinajstić information content (AvgIpc) is 2.40. The molecule has 0 spiro atoms. The van der Waals surface area contributed by atoms with E-state index in [0.29, 0.717) is 6.10 Å². The molecule has 0 amide bonds. The first kappa shape index (κ1) is 12.4. The van der Waals surface area contributed by atoms with Gasteiger partial charge in [-0.2, -0.15) is 0 Å². The minimum absolute atomic E-state index is 0.382. The van der Waals surface area contributed by atoms with E-state index >= 15 is 0 Å². The van der Waals surface area contributed by atoms with E-state index in [0.717, 1.165) is 26.1 Å². The van der Waals surface area contributed by atoms with Gasteiger partial charge in [0.25, 0.3) is 0 Å². The largest absolute Gasteiger partial charge is 0.380 e. The van der Waals surface area contributed by atoms with Crippen LogP contribution in [0.3, 0.4) is 0 Å². The predicted molar refractivity (Wildman–Crippen MR) is 71.4 cm³/mol. The lowest BCUT2D eigenvalue weighted by Crippen LogP contribution is -2.39. The highest BCUT2D eigenvalue weighted by molar-refractivity contribution is 5.48. The first-order valence-electron chi connectivity index (χ1n) is 6.40. The van der Waals surface area contributed by atoms with Gasteiger partial charge in [-0.25, -0.2) is 0 Å². The molecule has 1 aromatic rings. The van der Waals surface area contributed by atoms with Crippen molar-refractivity contribution in [3.8, 4) is 0 Å². The lowest BCUT2D eigenvalue weighted by atomic mass is 10.1. The van der Waals surface area contributed by atoms with Crippen LogP contribution in [0.5, 0.6) is 0 Å². The molecular formula is C14H22N2O. The van der Waals surface area contributed by atoms with Crippen molar-refractivity contribution >= 4 is 5.69 Å². The fourth-order valence-corrected chi connectivity index (χ4v) is 2.41. The zero-order valence-electron chi connectivity index (χ0n) is 10.6. The Labute approximate surface area is 104 Å². The molecule has 2 rings (SSSR count). The molecule has 2 N–H and O–H groups in total. The molecule has 94 valence electrons. The van der Waals surface area contributed by atoms with E-state index in [2.05, 4.69) is 29.2 Å². The smallest absolute Gasteiger partial charge is 0.0746 e. The zero-order chi connectivity index (χ0) is 12.1. The van der Waals surface area contributed by atoms with Gasteiger partial charge in [0.1, 0.15) is 0 Å². The number of rotatable bonds is 4. The summed E-state index contributed by atoms with van der Waals surface area (Å²) >= 11 is 0. The second-order valence-corrected chi connectivity index (χ2v) is 4.65. The number of methoxy groups -OCH3 is 1. The van der Waals surface area contributed by atoms with Crippen LogP contribution in [0.1, 0.15) is 18.4 Å². The lowest BCUT2D eigenvalue weighted by Gasteiger charge is -2.33. The highest BCUT2D eigenvalue weighted by Crippen LogP contribution is 2.21. The van der Waals surface area contributed by atoms with Gasteiger partial charge in [-0.05, 0) is 43.5 Å². The minimum atomic E-state index is 0.382. The predicted octanol–water partition coefficient (Wildman–Crippen LogP) is 1.80. The summed E-state index contributed by atoms with van der Waals surface area (Å²) in [7, 11) is 1.80. The third kappa shape index (κ3) is 3.20. The maximum absolute atomic E-state index is 5.55. The van der Waals surface area contributed by atoms with Crippen molar-refractivity contribution in [3.05, 3.63) is 29.8 Å². The lowest BCUT2D eigenvalue weighted by molar-refractivity contribution is 0.0893. The summed E-state index contributed by atoms with van der Waals surface area (Å²) in [6.07, 6.45) is 3.73. The Bertz CT molecular complexity index is 337. The summed E-state index contributed by atoms with van der Waals surface area (Å²) in [4.78, 5) is 2.41. The molecule has 3 heteroatoms. The Morgan fingerprint density at radius 2 is 2.12 bits per heavy atom. The molecular weight excluding hydrogens is 212 g/mol. The quantitative estimate of drug-likeness (QED) is 0.863. The second-order valence-electron chi connectivity index (χ2n) is 4.65. The molecule has 1 aliphatic heterocycles. The molecule has 1 atom stereocenters. The number of benzene rings is 1. The monoisotopic (exact) mass is 234 g/mol. The number of hydrogen-bond acceptors (Lipinski definition) is 3. The maximum Gasteiger partial charge on any atom is 0.0746 e. The van der Waals surface area contributed by atoms with Crippen molar-refractivity contribution in [2.24, 2.45) is 5.73 Å². The number of anilines is 1. The SMILES string of the molecule is COC1CCCN(c2ccc(CCN)cc2)C1. The Morgan fingerprint density at radius 1 is 1.35 bits per heavy atom. The van der Waals surface area contributed by atoms with Gasteiger partial charge in [0.05, 0.1) is 6.10 Å². The number of nitrogens with two attached hydrogens (primary N) is 1. The molecule has 1 heterocycles. The van der Waals surface area contributed by atoms with Gasteiger partial charge in [-0.15, -0.1) is 0 Å². The minimum Gasteiger partial charge on any atom is -0.380 e. The fraction of sp³-hybridized carbons (Fsp3) is 0.571. The number of nitrogens with zero attached hydrogens (tertiary/aromatic N) is 1. The van der Waals surface area contributed by atoms with E-state index in [1.165, 1.54) is 24.1 Å². The molecule has 17 heavy (non-hydrogen) atoms. The van der Waals surface area contributed by atoms with Gasteiger partial charge in [-0.3, -0.25) is 0 Å². The molecule has 1 saturated heterocycles. The van der Waals surface area contributed by atoms with Crippen molar-refractivity contribution in [3.63, 3.8) is 0 Å². The van der Waals surface area contributed by atoms with E-state index in [-0.39, 0.29) is 0 Å². The Kier molecular flexibility index (Phi) is 4.40. The molecule has 1 fully saturated rings. The van der Waals surface area contributed by atoms with Crippen LogP contribution in [-0.4, -0.2) is 32.8 Å². The summed E-state index contributed by atoms with van der Waals surface area (Å²) < 4.78 is 5.45. The van der Waals surface area contributed by atoms with Gasteiger partial charge in [0, 0.05) is 25.9 Å². The van der Waals surface area contributed by atoms with E-state index in [1.807, 2.05) is 0 Å². The average molecular weight is 234 g/mol. The molecule has 1 aromatic carbocycles. The van der Waals surface area contributed by atoms with Gasteiger partial charge >= 0.3 is 0 Å². The Balaban J connectivity index is 2.01. The Hall–Kier alpha value is -1.06. The molecule has 1 unspecified atom stereocenters. The summed E-state index contributed by atoms with van der Waals surface area (Å²) in [5.41, 5.74) is 8.17. The van der Waals surface area contributed by atoms with Crippen LogP contribution in [0.2, 0.25) is 0 Å². The third-order valence-corrected chi connectivity index (χ3v) is 3.45. The second kappa shape index (κ2) is 6.03. The van der Waals surface area contributed by atoms with Crippen molar-refractivity contribution in [1.82, 2.24) is 0 Å². The van der Waals surface area contributed by atoms with E-state index in [4.69, 9.17) is 10.5 Å². The van der Waals surface area contributed by atoms with Gasteiger partial charge in [0.15, 0.2) is 0 Å². The van der Waals surface area contributed by atoms with Crippen LogP contribution in [0, 0.1) is 0 Å². The number of hydrogen-bond donors (Lipinski definition) is 1. The van der Waals surface area contributed by atoms with E-state index in [1.54, 1.807) is 7.11 Å². The summed E-state index contributed by atoms with van der Waals surface area (Å²) in [5, 5.41) is 0. The molecule has 0 aromatic heterocycles. The van der Waals surface area contributed by atoms with Gasteiger partial charge < -0.3 is 15.4 Å². The van der Waals surface area contributed by atoms with Crippen LogP contribution >= 0.6 is 0 Å². The van der Waals surface area contributed by atoms with Crippen molar-refractivity contribution in [1.29, 1.82) is 0 Å². The fourth-order valence-electron chi connectivity index (χ4n) is 2.41. The van der Waals surface area contributed by atoms with Gasteiger partial charge in [0.2, 0.25) is 0 Å². The molecule has 0 saturated carbocycles. The first-order chi connectivity index (χ1) is 8.33. The van der Waals surface area contributed by atoms with Crippen LogP contribution in [0.4, 0.5) is 5.69 Å². The highest BCUT2D eigenvalue weighted by atomic mass is 16.5. The van der Waals surface area contributed by atoms with Crippen LogP contribution in [-0.2, 0) is 11.2 Å². The maximum atomic E-state index is 5.55. The molecule has 1 aliphatic rings. The molecule has 0 bridgehead atoms. The summed E-state index contributed by atoms with van der Waals surface area (Å²) in [5.74, 6) is 0. The Morgan fingerprint density at radius 3 is 2.76 bits per heavy atom. The van der Waals surface area contributed by atoms with Crippen molar-refractivity contribution in [2.45, 2.75) is 25.4 Å². The standard InChI is InChI=1S/C14H22N2O/c1-17-14-3-2-10-16(11-14)13-6-4-12(5-7-13)8-9-15/h4-7,14H,2-3,8-11,15H2,1H3. The van der Waals surface area contributed by atoms with Crippen LogP contribution in [0.15, 0.2) is 24.3 Å². The molecule has 0 radical (unpaired) electrons. The normalized spacial score (nSPS) is 20.6. The van der Waals surface area contributed by atoms with Crippen molar-refractivity contribution in [2.75, 3.05) is 31.6 Å². The summed E-state index contributed by atoms with van der Waals surface area (Å²) in [6.45, 7) is 2.86. The number of piperidine rings is 1. The first-order valence-corrected chi connectivity index (χ1v) is 6.40. The topological polar surface area (TPSA) is 38.5 Å². The molecule has 0 aliphatic carbocycles. The number of ether oxygens (including phenoxy) is 1. The van der Waals surface area contributed by atoms with Crippen molar-refractivity contribution < 1.29 is 4.74 Å².